The summed E-state index contributed by atoms with van der Waals surface area (Å²) in [6.45, 7) is 4.29. The standard InChI is InChI=1S/C6H12FN3/c1-3-5-10(4-2)9-6(7)8/h3,5H,4H2,1-2H3,(H2,8,9)/b5-3-. The maximum absolute atomic E-state index is 11.9. The molecule has 2 N–H and O–H groups in total. The van der Waals surface area contributed by atoms with E-state index in [4.69, 9.17) is 5.73 Å². The van der Waals surface area contributed by atoms with Gasteiger partial charge >= 0.3 is 0 Å². The highest BCUT2D eigenvalue weighted by atomic mass is 19.1. The first-order chi connectivity index (χ1) is 4.70. The molecule has 0 rings (SSSR count). The Morgan fingerprint density at radius 3 is 2.70 bits per heavy atom. The second-order valence-corrected chi connectivity index (χ2v) is 1.66. The van der Waals surface area contributed by atoms with Gasteiger partial charge < -0.3 is 5.73 Å². The Kier molecular flexibility index (Phi) is 4.28. The number of nitrogens with zero attached hydrogens (tertiary/aromatic N) is 2. The molecule has 0 amide bonds. The summed E-state index contributed by atoms with van der Waals surface area (Å²) < 4.78 is 11.9. The van der Waals surface area contributed by atoms with Gasteiger partial charge in [-0.2, -0.15) is 4.39 Å². The Morgan fingerprint density at radius 2 is 2.40 bits per heavy atom. The van der Waals surface area contributed by atoms with Crippen LogP contribution < -0.4 is 5.73 Å². The molecule has 58 valence electrons. The Labute approximate surface area is 60.0 Å². The third-order valence-corrected chi connectivity index (χ3v) is 0.869. The summed E-state index contributed by atoms with van der Waals surface area (Å²) >= 11 is 0. The fourth-order valence-electron chi connectivity index (χ4n) is 0.504. The minimum Gasteiger partial charge on any atom is -0.358 e. The molecule has 0 aromatic carbocycles. The van der Waals surface area contributed by atoms with Crippen LogP contribution in [0.2, 0.25) is 0 Å². The molecule has 0 atom stereocenters. The van der Waals surface area contributed by atoms with Crippen LogP contribution in [0.25, 0.3) is 0 Å². The lowest BCUT2D eigenvalue weighted by Gasteiger charge is -2.08. The van der Waals surface area contributed by atoms with E-state index in [-0.39, 0.29) is 0 Å². The molecule has 0 aromatic rings. The van der Waals surface area contributed by atoms with E-state index in [1.165, 1.54) is 5.01 Å². The van der Waals surface area contributed by atoms with E-state index in [1.807, 2.05) is 13.8 Å². The zero-order valence-corrected chi connectivity index (χ0v) is 6.21. The van der Waals surface area contributed by atoms with Crippen molar-refractivity contribution in [1.82, 2.24) is 5.01 Å². The molecular formula is C6H12FN3. The molecule has 0 saturated heterocycles. The molecular weight excluding hydrogens is 133 g/mol. The Balaban J connectivity index is 3.95. The first-order valence-corrected chi connectivity index (χ1v) is 3.09. The summed E-state index contributed by atoms with van der Waals surface area (Å²) in [4.78, 5) is 0. The molecule has 10 heavy (non-hydrogen) atoms. The van der Waals surface area contributed by atoms with Crippen molar-refractivity contribution >= 4 is 6.09 Å². The van der Waals surface area contributed by atoms with Crippen molar-refractivity contribution in [3.8, 4) is 0 Å². The monoisotopic (exact) mass is 145 g/mol. The lowest BCUT2D eigenvalue weighted by Crippen LogP contribution is -2.15. The molecule has 0 aromatic heterocycles. The molecule has 0 aliphatic rings. The SMILES string of the molecule is C/C=C\N(CC)/N=C(\N)F. The summed E-state index contributed by atoms with van der Waals surface area (Å²) in [6, 6.07) is 0. The van der Waals surface area contributed by atoms with Gasteiger partial charge in [-0.3, -0.25) is 5.01 Å². The summed E-state index contributed by atoms with van der Waals surface area (Å²) in [5.74, 6) is 0. The van der Waals surface area contributed by atoms with Crippen LogP contribution in [0.4, 0.5) is 4.39 Å². The van der Waals surface area contributed by atoms with Crippen LogP contribution in [0.3, 0.4) is 0 Å². The zero-order chi connectivity index (χ0) is 7.98. The van der Waals surface area contributed by atoms with Crippen molar-refractivity contribution in [2.24, 2.45) is 10.8 Å². The number of hydrazone groups is 1. The van der Waals surface area contributed by atoms with E-state index < -0.39 is 6.09 Å². The summed E-state index contributed by atoms with van der Waals surface area (Å²) in [5.41, 5.74) is 4.71. The van der Waals surface area contributed by atoms with Crippen LogP contribution in [0.15, 0.2) is 17.4 Å². The third kappa shape index (κ3) is 3.88. The Bertz CT molecular complexity index is 138. The molecule has 0 saturated carbocycles. The van der Waals surface area contributed by atoms with Crippen molar-refractivity contribution in [1.29, 1.82) is 0 Å². The van der Waals surface area contributed by atoms with Gasteiger partial charge in [0.05, 0.1) is 0 Å². The van der Waals surface area contributed by atoms with Gasteiger partial charge in [0.2, 0.25) is 0 Å². The molecule has 0 bridgehead atoms. The van der Waals surface area contributed by atoms with Gasteiger partial charge in [0.1, 0.15) is 0 Å². The van der Waals surface area contributed by atoms with Gasteiger partial charge in [-0.15, -0.1) is 5.10 Å². The Hall–Kier alpha value is -1.06. The summed E-state index contributed by atoms with van der Waals surface area (Å²) in [6.07, 6.45) is 2.49. The van der Waals surface area contributed by atoms with Crippen LogP contribution in [0.5, 0.6) is 0 Å². The van der Waals surface area contributed by atoms with Crippen molar-refractivity contribution in [2.45, 2.75) is 13.8 Å². The fraction of sp³-hybridized carbons (Fsp3) is 0.500. The maximum Gasteiger partial charge on any atom is 0.296 e. The molecule has 0 spiro atoms. The van der Waals surface area contributed by atoms with E-state index in [2.05, 4.69) is 5.10 Å². The molecule has 0 heterocycles. The van der Waals surface area contributed by atoms with Gasteiger partial charge in [0.15, 0.2) is 0 Å². The van der Waals surface area contributed by atoms with Crippen molar-refractivity contribution in [2.75, 3.05) is 6.54 Å². The largest absolute Gasteiger partial charge is 0.358 e. The average molecular weight is 145 g/mol. The van der Waals surface area contributed by atoms with E-state index in [0.29, 0.717) is 6.54 Å². The average Bonchev–Trinajstić information content (AvgIpc) is 1.86. The highest BCUT2D eigenvalue weighted by molar-refractivity contribution is 5.69. The maximum atomic E-state index is 11.9. The van der Waals surface area contributed by atoms with Gasteiger partial charge in [-0.25, -0.2) is 0 Å². The van der Waals surface area contributed by atoms with Gasteiger partial charge in [0.25, 0.3) is 6.09 Å². The Morgan fingerprint density at radius 1 is 1.80 bits per heavy atom. The quantitative estimate of drug-likeness (QED) is 0.279. The van der Waals surface area contributed by atoms with Crippen molar-refractivity contribution in [3.63, 3.8) is 0 Å². The highest BCUT2D eigenvalue weighted by Crippen LogP contribution is 1.90. The van der Waals surface area contributed by atoms with Crippen LogP contribution >= 0.6 is 0 Å². The number of halogens is 1. The number of allylic oxidation sites excluding steroid dienone is 1. The van der Waals surface area contributed by atoms with Gasteiger partial charge in [-0.1, -0.05) is 6.08 Å². The van der Waals surface area contributed by atoms with E-state index in [0.717, 1.165) is 0 Å². The normalized spacial score (nSPS) is 12.5. The fourth-order valence-corrected chi connectivity index (χ4v) is 0.504. The van der Waals surface area contributed by atoms with Gasteiger partial charge in [-0.05, 0) is 13.8 Å². The first-order valence-electron chi connectivity index (χ1n) is 3.09. The topological polar surface area (TPSA) is 41.6 Å². The zero-order valence-electron chi connectivity index (χ0n) is 6.21. The van der Waals surface area contributed by atoms with E-state index in [9.17, 15) is 4.39 Å². The predicted octanol–water partition coefficient (Wildman–Crippen LogP) is 1.04. The lowest BCUT2D eigenvalue weighted by molar-refractivity contribution is 0.412. The number of rotatable bonds is 3. The number of nitrogens with two attached hydrogens (primary N) is 1. The molecule has 0 unspecified atom stereocenters. The third-order valence-electron chi connectivity index (χ3n) is 0.869. The molecule has 0 fully saturated rings. The molecule has 0 radical (unpaired) electrons. The smallest absolute Gasteiger partial charge is 0.296 e. The summed E-state index contributed by atoms with van der Waals surface area (Å²) in [7, 11) is 0. The van der Waals surface area contributed by atoms with Crippen LogP contribution in [-0.4, -0.2) is 17.6 Å². The molecule has 0 aliphatic carbocycles. The van der Waals surface area contributed by atoms with E-state index >= 15 is 0 Å². The number of hydrogen-bond acceptors (Lipinski definition) is 2. The second-order valence-electron chi connectivity index (χ2n) is 1.66. The number of hydrogen-bond donors (Lipinski definition) is 1. The summed E-state index contributed by atoms with van der Waals surface area (Å²) in [5, 5.41) is 4.77. The molecule has 3 nitrogen and oxygen atoms in total. The van der Waals surface area contributed by atoms with Crippen molar-refractivity contribution in [3.05, 3.63) is 12.3 Å². The second kappa shape index (κ2) is 4.78. The van der Waals surface area contributed by atoms with E-state index in [1.54, 1.807) is 12.3 Å². The molecule has 0 aliphatic heterocycles. The van der Waals surface area contributed by atoms with Gasteiger partial charge in [0, 0.05) is 12.7 Å². The van der Waals surface area contributed by atoms with Crippen LogP contribution in [0.1, 0.15) is 13.8 Å². The van der Waals surface area contributed by atoms with Crippen LogP contribution in [-0.2, 0) is 0 Å². The predicted molar refractivity (Wildman–Crippen MR) is 39.9 cm³/mol. The number of amidine groups is 1. The minimum atomic E-state index is -0.917. The first kappa shape index (κ1) is 8.94. The molecule has 4 heteroatoms. The minimum absolute atomic E-state index is 0.606. The highest BCUT2D eigenvalue weighted by Gasteiger charge is 1.91. The lowest BCUT2D eigenvalue weighted by atomic mass is 10.6. The van der Waals surface area contributed by atoms with Crippen molar-refractivity contribution < 1.29 is 4.39 Å². The van der Waals surface area contributed by atoms with Crippen LogP contribution in [0, 0.1) is 0 Å².